The molecule has 17 heteroatoms. The first kappa shape index (κ1) is 35.9. The molecule has 0 unspecified atom stereocenters. The van der Waals surface area contributed by atoms with Gasteiger partial charge in [0.1, 0.15) is 12.1 Å². The summed E-state index contributed by atoms with van der Waals surface area (Å²) in [6.45, 7) is 3.43. The van der Waals surface area contributed by atoms with Crippen LogP contribution >= 0.6 is 0 Å². The van der Waals surface area contributed by atoms with Crippen molar-refractivity contribution in [3.8, 4) is 12.1 Å². The second-order valence-corrected chi connectivity index (χ2v) is 7.29. The molecule has 2 aromatic rings. The van der Waals surface area contributed by atoms with E-state index in [2.05, 4.69) is 30.5 Å². The Hall–Kier alpha value is -5.11. The van der Waals surface area contributed by atoms with Crippen molar-refractivity contribution in [2.75, 3.05) is 24.1 Å². The fourth-order valence-electron chi connectivity index (χ4n) is 2.40. The predicted molar refractivity (Wildman–Crippen MR) is 135 cm³/mol. The van der Waals surface area contributed by atoms with Gasteiger partial charge < -0.3 is 19.7 Å². The Morgan fingerprint density at radius 2 is 1.07 bits per heavy atom. The maximum atomic E-state index is 11.3. The van der Waals surface area contributed by atoms with Crippen molar-refractivity contribution in [2.24, 2.45) is 10.2 Å². The van der Waals surface area contributed by atoms with Crippen molar-refractivity contribution in [3.05, 3.63) is 59.7 Å². The number of nitrogens with one attached hydrogen (secondary N) is 2. The molecule has 0 atom stereocenters. The summed E-state index contributed by atoms with van der Waals surface area (Å²) in [7, 11) is 0. The van der Waals surface area contributed by atoms with Gasteiger partial charge in [0.15, 0.2) is 0 Å². The molecule has 0 fully saturated rings. The van der Waals surface area contributed by atoms with Gasteiger partial charge in [0.25, 0.3) is 0 Å². The van der Waals surface area contributed by atoms with Crippen LogP contribution < -0.4 is 10.9 Å². The van der Waals surface area contributed by atoms with Crippen LogP contribution in [0, 0.1) is 50.5 Å². The number of nitrogens with zero attached hydrogens (tertiary/aromatic N) is 4. The first-order chi connectivity index (χ1) is 19.6. The molecule has 0 aromatic heterocycles. The fourth-order valence-corrected chi connectivity index (χ4v) is 2.40. The van der Waals surface area contributed by atoms with Crippen LogP contribution in [0.4, 0.5) is 11.4 Å². The van der Waals surface area contributed by atoms with E-state index in [4.69, 9.17) is 25.2 Å². The molecule has 0 heterocycles. The number of carboxylic acids is 2. The Morgan fingerprint density at radius 3 is 1.34 bits per heavy atom. The van der Waals surface area contributed by atoms with Crippen LogP contribution in [0.5, 0.6) is 0 Å². The number of hydrazone groups is 2. The minimum absolute atomic E-state index is 0.0209. The summed E-state index contributed by atoms with van der Waals surface area (Å²) in [6, 6.07) is 15.1. The number of rotatable bonds is 10. The van der Waals surface area contributed by atoms with Gasteiger partial charge in [-0.05, 0) is 38.1 Å². The average Bonchev–Trinajstić information content (AvgIpc) is 2.95. The molecule has 0 spiro atoms. The van der Waals surface area contributed by atoms with Crippen molar-refractivity contribution in [2.45, 2.75) is 13.8 Å². The third-order valence-electron chi connectivity index (χ3n) is 4.04. The second kappa shape index (κ2) is 20.8. The van der Waals surface area contributed by atoms with Crippen molar-refractivity contribution in [1.82, 2.24) is 0 Å². The molecule has 2 rings (SSSR count). The van der Waals surface area contributed by atoms with Crippen molar-refractivity contribution < 1.29 is 71.2 Å². The monoisotopic (exact) mass is 792 g/mol. The molecule has 41 heavy (non-hydrogen) atoms. The zero-order valence-electron chi connectivity index (χ0n) is 21.5. The number of para-hydroxylation sites is 2. The van der Waals surface area contributed by atoms with E-state index in [1.54, 1.807) is 50.3 Å². The van der Waals surface area contributed by atoms with Gasteiger partial charge in [0.05, 0.1) is 35.7 Å². The van der Waals surface area contributed by atoms with Crippen molar-refractivity contribution >= 4 is 46.7 Å². The molecule has 0 amide bonds. The summed E-state index contributed by atoms with van der Waals surface area (Å²) in [6.07, 6.45) is 0. The van der Waals surface area contributed by atoms with Gasteiger partial charge in [0.2, 0.25) is 11.4 Å². The number of hydrogen-bond donors (Lipinski definition) is 4. The minimum atomic E-state index is -2.51. The molecule has 0 bridgehead atoms. The van der Waals surface area contributed by atoms with E-state index < -0.39 is 63.1 Å². The van der Waals surface area contributed by atoms with E-state index in [1.807, 2.05) is 0 Å². The molecule has 0 saturated heterocycles. The number of esters is 2. The third kappa shape index (κ3) is 13.5. The van der Waals surface area contributed by atoms with E-state index in [9.17, 15) is 19.2 Å². The molecule has 212 valence electrons. The van der Waals surface area contributed by atoms with E-state index in [-0.39, 0.29) is 35.7 Å². The van der Waals surface area contributed by atoms with Gasteiger partial charge in [0, 0.05) is 0 Å². The first-order valence-corrected chi connectivity index (χ1v) is 14.5. The normalized spacial score (nSPS) is 9.85. The van der Waals surface area contributed by atoms with Gasteiger partial charge >= 0.3 is 56.2 Å². The molecular weight excluding hydrogens is 770 g/mol. The Labute approximate surface area is 247 Å². The molecule has 0 saturated carbocycles. The first-order valence-electron chi connectivity index (χ1n) is 11.1. The SMILES string of the molecule is CCOC(=O)/C(C#N)=N\Nc1ccccc1C(=O)O.CCOC(=O)/C(C#N)=N\Nc1ccccc1C(=O)O.[O]=[U]=[O]. The van der Waals surface area contributed by atoms with Crippen LogP contribution in [0.25, 0.3) is 0 Å². The summed E-state index contributed by atoms with van der Waals surface area (Å²) in [5.41, 5.74) is 4.07. The van der Waals surface area contributed by atoms with Crippen molar-refractivity contribution in [3.63, 3.8) is 0 Å². The zero-order valence-corrected chi connectivity index (χ0v) is 25.6. The van der Waals surface area contributed by atoms with Crippen LogP contribution in [0.2, 0.25) is 0 Å². The summed E-state index contributed by atoms with van der Waals surface area (Å²) >= 11 is -2.51. The summed E-state index contributed by atoms with van der Waals surface area (Å²) in [5.74, 6) is -4.03. The molecule has 4 N–H and O–H groups in total. The molecule has 0 radical (unpaired) electrons. The Balaban J connectivity index is 0.000000712. The van der Waals surface area contributed by atoms with E-state index in [1.165, 1.54) is 24.3 Å². The van der Waals surface area contributed by atoms with Gasteiger partial charge in [-0.15, -0.1) is 0 Å². The molecule has 0 aliphatic rings. The number of hydrogen-bond acceptors (Lipinski definition) is 14. The summed E-state index contributed by atoms with van der Waals surface area (Å²) in [5, 5.41) is 42.4. The zero-order chi connectivity index (χ0) is 31.2. The topological polar surface area (TPSA) is 258 Å². The number of benzene rings is 2. The molecular formula is C24H22N6O10U. The standard InChI is InChI=1S/2C12H11N3O4.2O.U/c2*1-2-19-12(18)10(7-13)15-14-9-6-4-3-5-8(9)11(16)17;;;/h2*3-6,14H,2H2,1H3,(H,16,17);;;/b2*15-10-;;;. The number of nitriles is 2. The molecule has 2 aromatic carbocycles. The van der Waals surface area contributed by atoms with Gasteiger partial charge in [-0.2, -0.15) is 20.7 Å². The van der Waals surface area contributed by atoms with Crippen molar-refractivity contribution in [1.29, 1.82) is 10.5 Å². The maximum absolute atomic E-state index is 11.3. The number of ether oxygens (including phenoxy) is 2. The second-order valence-electron chi connectivity index (χ2n) is 6.59. The number of carbonyl (C=O) groups is 4. The van der Waals surface area contributed by atoms with Crippen LogP contribution in [-0.4, -0.2) is 58.7 Å². The fraction of sp³-hybridized carbons (Fsp3) is 0.167. The Morgan fingerprint density at radius 1 is 0.756 bits per heavy atom. The van der Waals surface area contributed by atoms with E-state index >= 15 is 0 Å². The van der Waals surface area contributed by atoms with E-state index in [0.29, 0.717) is 0 Å². The van der Waals surface area contributed by atoms with E-state index in [0.717, 1.165) is 0 Å². The van der Waals surface area contributed by atoms with Crippen LogP contribution in [0.3, 0.4) is 0 Å². The third-order valence-corrected chi connectivity index (χ3v) is 4.04. The molecule has 16 nitrogen and oxygen atoms in total. The molecule has 0 aliphatic heterocycles. The predicted octanol–water partition coefficient (Wildman–Crippen LogP) is 2.24. The van der Waals surface area contributed by atoms with Gasteiger partial charge in [-0.25, -0.2) is 19.2 Å². The van der Waals surface area contributed by atoms with Gasteiger partial charge in [-0.1, -0.05) is 24.3 Å². The Kier molecular flexibility index (Phi) is 18.2. The van der Waals surface area contributed by atoms with Crippen LogP contribution in [-0.2, 0) is 23.5 Å². The molecule has 0 aliphatic carbocycles. The number of anilines is 2. The van der Waals surface area contributed by atoms with Crippen LogP contribution in [0.15, 0.2) is 58.7 Å². The Bertz CT molecular complexity index is 1320. The van der Waals surface area contributed by atoms with Crippen LogP contribution in [0.1, 0.15) is 34.6 Å². The number of carboxylic acid groups (broad SMARTS) is 2. The summed E-state index contributed by atoms with van der Waals surface area (Å²) < 4.78 is 26.4. The quantitative estimate of drug-likeness (QED) is 0.153. The van der Waals surface area contributed by atoms with Gasteiger partial charge in [-0.3, -0.25) is 10.9 Å². The number of aromatic carboxylic acids is 2. The summed E-state index contributed by atoms with van der Waals surface area (Å²) in [4.78, 5) is 44.4. The average molecular weight is 793 g/mol. The number of carbonyl (C=O) groups excluding carboxylic acids is 2.